The molecular weight excluding hydrogens is 324 g/mol. The Morgan fingerprint density at radius 1 is 1.65 bits per heavy atom. The monoisotopic (exact) mass is 342 g/mol. The van der Waals surface area contributed by atoms with Crippen molar-refractivity contribution >= 4 is 27.4 Å². The van der Waals surface area contributed by atoms with Crippen molar-refractivity contribution in [2.75, 3.05) is 11.9 Å². The second-order valence-electron chi connectivity index (χ2n) is 5.41. The maximum absolute atomic E-state index is 11.2. The van der Waals surface area contributed by atoms with Gasteiger partial charge >= 0.3 is 5.69 Å². The fourth-order valence-electron chi connectivity index (χ4n) is 2.85. The highest BCUT2D eigenvalue weighted by Crippen LogP contribution is 2.37. The van der Waals surface area contributed by atoms with Crippen molar-refractivity contribution in [2.45, 2.75) is 38.1 Å². The third-order valence-electron chi connectivity index (χ3n) is 4.22. The molecular formula is C13H19BrN4O2. The zero-order valence-corrected chi connectivity index (χ0v) is 13.0. The largest absolute Gasteiger partial charge is 0.357 e. The van der Waals surface area contributed by atoms with Gasteiger partial charge in [-0.1, -0.05) is 19.8 Å². The van der Waals surface area contributed by atoms with Crippen molar-refractivity contribution in [1.82, 2.24) is 4.98 Å². The summed E-state index contributed by atoms with van der Waals surface area (Å²) in [6.45, 7) is 2.59. The lowest BCUT2D eigenvalue weighted by molar-refractivity contribution is -0.384. The number of nitrogens with two attached hydrogens (primary N) is 1. The van der Waals surface area contributed by atoms with Gasteiger partial charge in [0.05, 0.1) is 10.5 Å². The van der Waals surface area contributed by atoms with Crippen LogP contribution in [-0.2, 0) is 0 Å². The standard InChI is InChI=1S/C13H19BrN4O2/c1-9-4-2-3-5-13(9,8-15)17-12-11(18(19)20)6-10(14)7-16-12/h6-7,9H,2-5,8,15H2,1H3,(H,16,17). The molecule has 0 bridgehead atoms. The summed E-state index contributed by atoms with van der Waals surface area (Å²) in [6, 6.07) is 1.47. The quantitative estimate of drug-likeness (QED) is 0.647. The Labute approximate surface area is 126 Å². The molecule has 2 atom stereocenters. The highest BCUT2D eigenvalue weighted by molar-refractivity contribution is 9.10. The third kappa shape index (κ3) is 2.93. The van der Waals surface area contributed by atoms with Crippen LogP contribution in [0.15, 0.2) is 16.7 Å². The van der Waals surface area contributed by atoms with E-state index in [0.717, 1.165) is 19.3 Å². The number of nitrogens with zero attached hydrogens (tertiary/aromatic N) is 2. The van der Waals surface area contributed by atoms with Crippen LogP contribution in [0.5, 0.6) is 0 Å². The number of halogens is 1. The van der Waals surface area contributed by atoms with Gasteiger partial charge in [0.25, 0.3) is 0 Å². The number of rotatable bonds is 4. The normalized spacial score (nSPS) is 26.2. The van der Waals surface area contributed by atoms with E-state index in [-0.39, 0.29) is 11.2 Å². The molecule has 1 aliphatic rings. The Kier molecular flexibility index (Phi) is 4.59. The summed E-state index contributed by atoms with van der Waals surface area (Å²) in [5.74, 6) is 0.670. The van der Waals surface area contributed by atoms with E-state index in [1.807, 2.05) is 0 Å². The second-order valence-corrected chi connectivity index (χ2v) is 6.33. The van der Waals surface area contributed by atoms with Gasteiger partial charge in [0.15, 0.2) is 0 Å². The summed E-state index contributed by atoms with van der Waals surface area (Å²) >= 11 is 3.21. The Hall–Kier alpha value is -1.21. The second kappa shape index (κ2) is 6.05. The average Bonchev–Trinajstić information content (AvgIpc) is 2.43. The molecule has 1 aromatic rings. The maximum atomic E-state index is 11.2. The van der Waals surface area contributed by atoms with Gasteiger partial charge in [0, 0.05) is 23.3 Å². The SMILES string of the molecule is CC1CCCCC1(CN)Nc1ncc(Br)cc1[N+](=O)[O-]. The minimum absolute atomic E-state index is 0.0232. The molecule has 1 heterocycles. The molecule has 0 aromatic carbocycles. The van der Waals surface area contributed by atoms with Crippen molar-refractivity contribution in [3.63, 3.8) is 0 Å². The molecule has 3 N–H and O–H groups in total. The van der Waals surface area contributed by atoms with Crippen LogP contribution in [0, 0.1) is 16.0 Å². The molecule has 2 unspecified atom stereocenters. The predicted octanol–water partition coefficient (Wildman–Crippen LogP) is 3.07. The highest BCUT2D eigenvalue weighted by atomic mass is 79.9. The van der Waals surface area contributed by atoms with Crippen LogP contribution in [0.2, 0.25) is 0 Å². The summed E-state index contributed by atoms with van der Waals surface area (Å²) in [7, 11) is 0. The first kappa shape index (κ1) is 15.2. The van der Waals surface area contributed by atoms with E-state index < -0.39 is 4.92 Å². The van der Waals surface area contributed by atoms with E-state index in [2.05, 4.69) is 33.2 Å². The molecule has 7 heteroatoms. The van der Waals surface area contributed by atoms with Crippen LogP contribution in [-0.4, -0.2) is 22.0 Å². The van der Waals surface area contributed by atoms with Gasteiger partial charge in [-0.05, 0) is 34.7 Å². The van der Waals surface area contributed by atoms with E-state index in [1.165, 1.54) is 12.5 Å². The van der Waals surface area contributed by atoms with Crippen molar-refractivity contribution in [3.05, 3.63) is 26.9 Å². The maximum Gasteiger partial charge on any atom is 0.312 e. The number of nitro groups is 1. The summed E-state index contributed by atoms with van der Waals surface area (Å²) < 4.78 is 0.591. The van der Waals surface area contributed by atoms with E-state index in [4.69, 9.17) is 5.73 Å². The number of nitrogens with one attached hydrogen (secondary N) is 1. The molecule has 6 nitrogen and oxygen atoms in total. The number of hydrogen-bond acceptors (Lipinski definition) is 5. The zero-order valence-electron chi connectivity index (χ0n) is 11.4. The van der Waals surface area contributed by atoms with Gasteiger partial charge in [-0.2, -0.15) is 0 Å². The third-order valence-corrected chi connectivity index (χ3v) is 4.65. The molecule has 0 amide bonds. The van der Waals surface area contributed by atoms with E-state index in [0.29, 0.717) is 22.8 Å². The van der Waals surface area contributed by atoms with Gasteiger partial charge < -0.3 is 11.1 Å². The van der Waals surface area contributed by atoms with Gasteiger partial charge in [0.1, 0.15) is 0 Å². The number of hydrogen-bond donors (Lipinski definition) is 2. The van der Waals surface area contributed by atoms with Gasteiger partial charge in [0.2, 0.25) is 5.82 Å². The molecule has 110 valence electrons. The van der Waals surface area contributed by atoms with Crippen LogP contribution >= 0.6 is 15.9 Å². The van der Waals surface area contributed by atoms with Gasteiger partial charge in [-0.3, -0.25) is 10.1 Å². The van der Waals surface area contributed by atoms with Crippen LogP contribution in [0.1, 0.15) is 32.6 Å². The molecule has 0 aliphatic heterocycles. The number of anilines is 1. The molecule has 1 aromatic heterocycles. The van der Waals surface area contributed by atoms with Crippen molar-refractivity contribution in [3.8, 4) is 0 Å². The zero-order chi connectivity index (χ0) is 14.8. The highest BCUT2D eigenvalue weighted by Gasteiger charge is 2.38. The lowest BCUT2D eigenvalue weighted by Crippen LogP contribution is -2.52. The Bertz CT molecular complexity index is 511. The smallest absolute Gasteiger partial charge is 0.312 e. The molecule has 1 saturated carbocycles. The Morgan fingerprint density at radius 2 is 2.40 bits per heavy atom. The average molecular weight is 343 g/mol. The topological polar surface area (TPSA) is 94.1 Å². The van der Waals surface area contributed by atoms with Gasteiger partial charge in [-0.15, -0.1) is 0 Å². The molecule has 1 fully saturated rings. The number of aromatic nitrogens is 1. The lowest BCUT2D eigenvalue weighted by Gasteiger charge is -2.42. The van der Waals surface area contributed by atoms with Crippen molar-refractivity contribution in [1.29, 1.82) is 0 Å². The van der Waals surface area contributed by atoms with Crippen molar-refractivity contribution < 1.29 is 4.92 Å². The summed E-state index contributed by atoms with van der Waals surface area (Å²) in [4.78, 5) is 14.9. The molecule has 20 heavy (non-hydrogen) atoms. The molecule has 0 radical (unpaired) electrons. The summed E-state index contributed by atoms with van der Waals surface area (Å²) in [5, 5.41) is 14.4. The predicted molar refractivity (Wildman–Crippen MR) is 81.6 cm³/mol. The van der Waals surface area contributed by atoms with E-state index in [9.17, 15) is 10.1 Å². The minimum atomic E-state index is -0.419. The Balaban J connectivity index is 2.34. The van der Waals surface area contributed by atoms with Crippen LogP contribution < -0.4 is 11.1 Å². The van der Waals surface area contributed by atoms with Crippen molar-refractivity contribution in [2.24, 2.45) is 11.7 Å². The first-order valence-electron chi connectivity index (χ1n) is 6.77. The van der Waals surface area contributed by atoms with E-state index in [1.54, 1.807) is 6.20 Å². The molecule has 2 rings (SSSR count). The minimum Gasteiger partial charge on any atom is -0.357 e. The molecule has 1 aliphatic carbocycles. The van der Waals surface area contributed by atoms with Crippen LogP contribution in [0.25, 0.3) is 0 Å². The van der Waals surface area contributed by atoms with Gasteiger partial charge in [-0.25, -0.2) is 4.98 Å². The molecule has 0 saturated heterocycles. The fraction of sp³-hybridized carbons (Fsp3) is 0.615. The number of pyridine rings is 1. The first-order valence-corrected chi connectivity index (χ1v) is 7.56. The van der Waals surface area contributed by atoms with Crippen LogP contribution in [0.3, 0.4) is 0 Å². The first-order chi connectivity index (χ1) is 9.48. The summed E-state index contributed by atoms with van der Waals surface area (Å²) in [5.41, 5.74) is 5.64. The molecule has 0 spiro atoms. The van der Waals surface area contributed by atoms with E-state index >= 15 is 0 Å². The Morgan fingerprint density at radius 3 is 3.00 bits per heavy atom. The fourth-order valence-corrected chi connectivity index (χ4v) is 3.17. The summed E-state index contributed by atoms with van der Waals surface area (Å²) in [6.07, 6.45) is 5.82. The lowest BCUT2D eigenvalue weighted by atomic mass is 9.73. The van der Waals surface area contributed by atoms with Crippen LogP contribution in [0.4, 0.5) is 11.5 Å².